The molecular weight excluding hydrogens is 248 g/mol. The Balaban J connectivity index is 1.76. The number of carbonyl (C=O) groups is 1. The van der Waals surface area contributed by atoms with Crippen LogP contribution in [0.3, 0.4) is 0 Å². The maximum atomic E-state index is 10.6. The summed E-state index contributed by atoms with van der Waals surface area (Å²) in [7, 11) is 0. The highest BCUT2D eigenvalue weighted by Crippen LogP contribution is 2.07. The van der Waals surface area contributed by atoms with E-state index in [1.54, 1.807) is 0 Å². The second-order valence-corrected chi connectivity index (χ2v) is 4.80. The number of hydrogen-bond donors (Lipinski definition) is 1. The van der Waals surface area contributed by atoms with E-state index >= 15 is 0 Å². The summed E-state index contributed by atoms with van der Waals surface area (Å²) in [6, 6.07) is 0. The number of carboxylic acid groups (broad SMARTS) is 1. The van der Waals surface area contributed by atoms with Gasteiger partial charge in [-0.05, 0) is 6.42 Å². The van der Waals surface area contributed by atoms with Gasteiger partial charge in [0.05, 0.1) is 13.1 Å². The van der Waals surface area contributed by atoms with Gasteiger partial charge in [-0.1, -0.05) is 12.1 Å². The number of rotatable bonds is 6. The van der Waals surface area contributed by atoms with Crippen LogP contribution in [-0.4, -0.2) is 63.7 Å². The van der Waals surface area contributed by atoms with Gasteiger partial charge in [-0.2, -0.15) is 4.98 Å². The molecule has 0 saturated carbocycles. The summed E-state index contributed by atoms with van der Waals surface area (Å²) in [5.74, 6) is 0.646. The summed E-state index contributed by atoms with van der Waals surface area (Å²) >= 11 is 0. The van der Waals surface area contributed by atoms with Crippen molar-refractivity contribution in [3.05, 3.63) is 11.7 Å². The van der Waals surface area contributed by atoms with Crippen molar-refractivity contribution in [2.45, 2.75) is 26.3 Å². The highest BCUT2D eigenvalue weighted by molar-refractivity contribution is 5.69. The SMILES string of the molecule is CCCc1nc(CN2CCN(CC(=O)O)CC2)no1. The molecule has 1 aliphatic rings. The minimum Gasteiger partial charge on any atom is -0.480 e. The van der Waals surface area contributed by atoms with E-state index in [2.05, 4.69) is 22.0 Å². The van der Waals surface area contributed by atoms with Gasteiger partial charge in [0.2, 0.25) is 5.89 Å². The van der Waals surface area contributed by atoms with Gasteiger partial charge in [0.25, 0.3) is 0 Å². The number of nitrogens with zero attached hydrogens (tertiary/aromatic N) is 4. The number of hydrogen-bond acceptors (Lipinski definition) is 6. The number of piperazine rings is 1. The molecule has 7 heteroatoms. The summed E-state index contributed by atoms with van der Waals surface area (Å²) in [6.07, 6.45) is 1.81. The van der Waals surface area contributed by atoms with Gasteiger partial charge in [0.15, 0.2) is 5.82 Å². The van der Waals surface area contributed by atoms with Crippen LogP contribution >= 0.6 is 0 Å². The number of aryl methyl sites for hydroxylation is 1. The van der Waals surface area contributed by atoms with Crippen LogP contribution in [0, 0.1) is 0 Å². The Morgan fingerprint density at radius 3 is 2.63 bits per heavy atom. The Morgan fingerprint density at radius 1 is 1.32 bits per heavy atom. The van der Waals surface area contributed by atoms with Gasteiger partial charge < -0.3 is 9.63 Å². The minimum atomic E-state index is -0.768. The molecule has 1 aromatic heterocycles. The molecule has 0 aromatic carbocycles. The highest BCUT2D eigenvalue weighted by atomic mass is 16.5. The predicted molar refractivity (Wildman–Crippen MR) is 67.6 cm³/mol. The first-order valence-corrected chi connectivity index (χ1v) is 6.65. The van der Waals surface area contributed by atoms with E-state index in [4.69, 9.17) is 9.63 Å². The van der Waals surface area contributed by atoms with Crippen molar-refractivity contribution in [1.29, 1.82) is 0 Å². The van der Waals surface area contributed by atoms with Crippen LogP contribution < -0.4 is 0 Å². The van der Waals surface area contributed by atoms with Crippen LogP contribution in [0.15, 0.2) is 4.52 Å². The Kier molecular flexibility index (Phi) is 4.86. The van der Waals surface area contributed by atoms with E-state index in [9.17, 15) is 4.79 Å². The van der Waals surface area contributed by atoms with Gasteiger partial charge in [-0.3, -0.25) is 14.6 Å². The first kappa shape index (κ1) is 14.0. The first-order chi connectivity index (χ1) is 9.17. The fourth-order valence-electron chi connectivity index (χ4n) is 2.17. The molecule has 1 aliphatic heterocycles. The van der Waals surface area contributed by atoms with E-state index in [0.29, 0.717) is 12.4 Å². The lowest BCUT2D eigenvalue weighted by Crippen LogP contribution is -2.47. The molecule has 0 radical (unpaired) electrons. The molecule has 2 rings (SSSR count). The number of carboxylic acids is 1. The maximum Gasteiger partial charge on any atom is 0.317 e. The van der Waals surface area contributed by atoms with Gasteiger partial charge in [0, 0.05) is 32.6 Å². The third kappa shape index (κ3) is 4.29. The molecule has 7 nitrogen and oxygen atoms in total. The van der Waals surface area contributed by atoms with Crippen molar-refractivity contribution in [3.63, 3.8) is 0 Å². The zero-order chi connectivity index (χ0) is 13.7. The molecule has 1 fully saturated rings. The van der Waals surface area contributed by atoms with E-state index < -0.39 is 5.97 Å². The smallest absolute Gasteiger partial charge is 0.317 e. The second kappa shape index (κ2) is 6.63. The molecule has 2 heterocycles. The van der Waals surface area contributed by atoms with Crippen LogP contribution in [0.4, 0.5) is 0 Å². The Hall–Kier alpha value is -1.47. The van der Waals surface area contributed by atoms with Crippen molar-refractivity contribution in [3.8, 4) is 0 Å². The molecule has 1 saturated heterocycles. The van der Waals surface area contributed by atoms with Crippen molar-refractivity contribution >= 4 is 5.97 Å². The molecule has 0 bridgehead atoms. The van der Waals surface area contributed by atoms with Crippen molar-refractivity contribution < 1.29 is 14.4 Å². The molecule has 0 atom stereocenters. The van der Waals surface area contributed by atoms with Gasteiger partial charge in [-0.15, -0.1) is 0 Å². The summed E-state index contributed by atoms with van der Waals surface area (Å²) in [4.78, 5) is 19.1. The Bertz CT molecular complexity index is 413. The van der Waals surface area contributed by atoms with Gasteiger partial charge >= 0.3 is 5.97 Å². The Labute approximate surface area is 112 Å². The first-order valence-electron chi connectivity index (χ1n) is 6.65. The van der Waals surface area contributed by atoms with Crippen LogP contribution in [0.1, 0.15) is 25.1 Å². The second-order valence-electron chi connectivity index (χ2n) is 4.80. The maximum absolute atomic E-state index is 10.6. The zero-order valence-electron chi connectivity index (χ0n) is 11.2. The van der Waals surface area contributed by atoms with E-state index in [-0.39, 0.29) is 6.54 Å². The molecule has 106 valence electrons. The van der Waals surface area contributed by atoms with Crippen molar-refractivity contribution in [2.24, 2.45) is 0 Å². The topological polar surface area (TPSA) is 82.7 Å². The van der Waals surface area contributed by atoms with Crippen molar-refractivity contribution in [1.82, 2.24) is 19.9 Å². The highest BCUT2D eigenvalue weighted by Gasteiger charge is 2.20. The molecule has 0 aliphatic carbocycles. The van der Waals surface area contributed by atoms with E-state index in [1.165, 1.54) is 0 Å². The normalized spacial score (nSPS) is 17.7. The molecule has 1 aromatic rings. The predicted octanol–water partition coefficient (Wildman–Crippen LogP) is 0.224. The minimum absolute atomic E-state index is 0.122. The molecule has 0 spiro atoms. The fraction of sp³-hybridized carbons (Fsp3) is 0.750. The lowest BCUT2D eigenvalue weighted by atomic mass is 10.3. The summed E-state index contributed by atoms with van der Waals surface area (Å²) in [5.41, 5.74) is 0. The zero-order valence-corrected chi connectivity index (χ0v) is 11.2. The van der Waals surface area contributed by atoms with Crippen LogP contribution in [0.2, 0.25) is 0 Å². The quantitative estimate of drug-likeness (QED) is 0.790. The third-order valence-corrected chi connectivity index (χ3v) is 3.16. The lowest BCUT2D eigenvalue weighted by Gasteiger charge is -2.32. The lowest BCUT2D eigenvalue weighted by molar-refractivity contribution is -0.138. The largest absolute Gasteiger partial charge is 0.480 e. The molecular formula is C12H20N4O3. The number of aliphatic carboxylic acids is 1. The molecule has 0 unspecified atom stereocenters. The molecule has 19 heavy (non-hydrogen) atoms. The van der Waals surface area contributed by atoms with Crippen molar-refractivity contribution in [2.75, 3.05) is 32.7 Å². The third-order valence-electron chi connectivity index (χ3n) is 3.16. The van der Waals surface area contributed by atoms with E-state index in [1.807, 2.05) is 4.90 Å². The fourth-order valence-corrected chi connectivity index (χ4v) is 2.17. The summed E-state index contributed by atoms with van der Waals surface area (Å²) < 4.78 is 5.14. The van der Waals surface area contributed by atoms with Gasteiger partial charge in [-0.25, -0.2) is 0 Å². The summed E-state index contributed by atoms with van der Waals surface area (Å²) in [6.45, 7) is 6.09. The average molecular weight is 268 g/mol. The van der Waals surface area contributed by atoms with Crippen LogP contribution in [-0.2, 0) is 17.8 Å². The number of aromatic nitrogens is 2. The van der Waals surface area contributed by atoms with Crippen LogP contribution in [0.25, 0.3) is 0 Å². The molecule has 1 N–H and O–H groups in total. The summed E-state index contributed by atoms with van der Waals surface area (Å²) in [5, 5.41) is 12.7. The van der Waals surface area contributed by atoms with Gasteiger partial charge in [0.1, 0.15) is 0 Å². The standard InChI is InChI=1S/C12H20N4O3/c1-2-3-11-13-10(14-19-11)8-15-4-6-16(7-5-15)9-12(17)18/h2-9H2,1H3,(H,17,18). The van der Waals surface area contributed by atoms with Crippen LogP contribution in [0.5, 0.6) is 0 Å². The average Bonchev–Trinajstić information content (AvgIpc) is 2.79. The Morgan fingerprint density at radius 2 is 2.00 bits per heavy atom. The molecule has 0 amide bonds. The monoisotopic (exact) mass is 268 g/mol. The van der Waals surface area contributed by atoms with E-state index in [0.717, 1.165) is 44.8 Å².